The Hall–Kier alpha value is -1.02. The molecule has 1 aromatic carbocycles. The normalized spacial score (nSPS) is 26.6. The molecule has 1 saturated carbocycles. The van der Waals surface area contributed by atoms with Crippen LogP contribution in [0.3, 0.4) is 0 Å². The largest absolute Gasteiger partial charge is 0.496 e. The average molecular weight is 261 g/mol. The highest BCUT2D eigenvalue weighted by atomic mass is 16.5. The summed E-state index contributed by atoms with van der Waals surface area (Å²) in [5, 5.41) is 3.64. The lowest BCUT2D eigenvalue weighted by atomic mass is 9.72. The molecule has 0 spiro atoms. The van der Waals surface area contributed by atoms with Crippen LogP contribution >= 0.6 is 0 Å². The number of para-hydroxylation sites is 1. The van der Waals surface area contributed by atoms with Crippen LogP contribution in [0.1, 0.15) is 45.1 Å². The highest BCUT2D eigenvalue weighted by Gasteiger charge is 2.42. The molecule has 0 aromatic heterocycles. The molecule has 19 heavy (non-hydrogen) atoms. The first-order chi connectivity index (χ1) is 9.24. The molecule has 1 N–H and O–H groups in total. The number of methoxy groups -OCH3 is 1. The van der Waals surface area contributed by atoms with Crippen molar-refractivity contribution in [3.8, 4) is 5.75 Å². The minimum atomic E-state index is 0.252. The molecular weight excluding hydrogens is 234 g/mol. The monoisotopic (exact) mass is 261 g/mol. The summed E-state index contributed by atoms with van der Waals surface area (Å²) in [7, 11) is 1.78. The minimum absolute atomic E-state index is 0.252. The third kappa shape index (κ3) is 2.79. The van der Waals surface area contributed by atoms with Crippen molar-refractivity contribution in [3.05, 3.63) is 29.8 Å². The zero-order chi connectivity index (χ0) is 13.7. The molecule has 2 rings (SSSR count). The van der Waals surface area contributed by atoms with Crippen LogP contribution < -0.4 is 10.1 Å². The molecule has 2 unspecified atom stereocenters. The Bertz CT molecular complexity index is 404. The van der Waals surface area contributed by atoms with Gasteiger partial charge in [0.2, 0.25) is 0 Å². The van der Waals surface area contributed by atoms with Crippen LogP contribution in [0.15, 0.2) is 24.3 Å². The van der Waals surface area contributed by atoms with E-state index in [0.29, 0.717) is 5.92 Å². The van der Waals surface area contributed by atoms with Gasteiger partial charge in [0.1, 0.15) is 5.75 Å². The Morgan fingerprint density at radius 2 is 2.16 bits per heavy atom. The Labute approximate surface area is 117 Å². The Morgan fingerprint density at radius 1 is 1.37 bits per heavy atom. The van der Waals surface area contributed by atoms with E-state index < -0.39 is 0 Å². The topological polar surface area (TPSA) is 21.3 Å². The first-order valence-corrected chi connectivity index (χ1v) is 7.59. The summed E-state index contributed by atoms with van der Waals surface area (Å²) in [6, 6.07) is 8.57. The van der Waals surface area contributed by atoms with Gasteiger partial charge in [0.25, 0.3) is 0 Å². The van der Waals surface area contributed by atoms with E-state index in [1.54, 1.807) is 7.11 Å². The smallest absolute Gasteiger partial charge is 0.122 e. The van der Waals surface area contributed by atoms with Gasteiger partial charge in [-0.25, -0.2) is 0 Å². The van der Waals surface area contributed by atoms with E-state index in [-0.39, 0.29) is 5.41 Å². The van der Waals surface area contributed by atoms with E-state index in [0.717, 1.165) is 18.8 Å². The zero-order valence-electron chi connectivity index (χ0n) is 12.5. The molecule has 0 aliphatic heterocycles. The quantitative estimate of drug-likeness (QED) is 0.787. The second-order valence-electron chi connectivity index (χ2n) is 5.83. The van der Waals surface area contributed by atoms with Crippen LogP contribution in [0, 0.1) is 5.92 Å². The van der Waals surface area contributed by atoms with Gasteiger partial charge >= 0.3 is 0 Å². The summed E-state index contributed by atoms with van der Waals surface area (Å²) in [6.45, 7) is 6.79. The lowest BCUT2D eigenvalue weighted by Crippen LogP contribution is -2.40. The van der Waals surface area contributed by atoms with Crippen molar-refractivity contribution >= 4 is 0 Å². The van der Waals surface area contributed by atoms with E-state index in [1.165, 1.54) is 31.2 Å². The molecule has 0 amide bonds. The fourth-order valence-electron chi connectivity index (χ4n) is 3.55. The standard InChI is InChI=1S/C17H27NO/c1-4-12-18-13-17(11-7-8-14(17)2)15-9-5-6-10-16(15)19-3/h5-6,9-10,14,18H,4,7-8,11-13H2,1-3H3. The van der Waals surface area contributed by atoms with Crippen LogP contribution in [0.2, 0.25) is 0 Å². The van der Waals surface area contributed by atoms with Crippen molar-refractivity contribution in [1.29, 1.82) is 0 Å². The average Bonchev–Trinajstić information content (AvgIpc) is 2.81. The maximum absolute atomic E-state index is 5.61. The van der Waals surface area contributed by atoms with Gasteiger partial charge in [-0.15, -0.1) is 0 Å². The van der Waals surface area contributed by atoms with Crippen molar-refractivity contribution in [1.82, 2.24) is 5.32 Å². The lowest BCUT2D eigenvalue weighted by molar-refractivity contribution is 0.301. The van der Waals surface area contributed by atoms with Gasteiger partial charge in [-0.3, -0.25) is 0 Å². The highest BCUT2D eigenvalue weighted by Crippen LogP contribution is 2.48. The third-order valence-electron chi connectivity index (χ3n) is 4.71. The predicted octanol–water partition coefficient (Wildman–Crippen LogP) is 3.75. The second kappa shape index (κ2) is 6.42. The first kappa shape index (κ1) is 14.4. The van der Waals surface area contributed by atoms with Crippen molar-refractivity contribution < 1.29 is 4.74 Å². The Balaban J connectivity index is 2.31. The molecule has 106 valence electrons. The van der Waals surface area contributed by atoms with Gasteiger partial charge in [-0.1, -0.05) is 38.5 Å². The number of benzene rings is 1. The van der Waals surface area contributed by atoms with Crippen molar-refractivity contribution in [2.75, 3.05) is 20.2 Å². The summed E-state index contributed by atoms with van der Waals surface area (Å²) in [5.74, 6) is 1.77. The summed E-state index contributed by atoms with van der Waals surface area (Å²) < 4.78 is 5.61. The molecule has 2 atom stereocenters. The predicted molar refractivity (Wildman–Crippen MR) is 80.8 cm³/mol. The maximum Gasteiger partial charge on any atom is 0.122 e. The van der Waals surface area contributed by atoms with E-state index >= 15 is 0 Å². The second-order valence-corrected chi connectivity index (χ2v) is 5.83. The van der Waals surface area contributed by atoms with E-state index in [9.17, 15) is 0 Å². The molecule has 2 nitrogen and oxygen atoms in total. The molecule has 1 fully saturated rings. The minimum Gasteiger partial charge on any atom is -0.496 e. The molecular formula is C17H27NO. The number of ether oxygens (including phenoxy) is 1. The summed E-state index contributed by atoms with van der Waals surface area (Å²) in [6.07, 6.45) is 5.11. The van der Waals surface area contributed by atoms with Gasteiger partial charge in [0, 0.05) is 17.5 Å². The number of nitrogens with one attached hydrogen (secondary N) is 1. The van der Waals surface area contributed by atoms with Gasteiger partial charge in [0.05, 0.1) is 7.11 Å². The van der Waals surface area contributed by atoms with Crippen LogP contribution in [-0.4, -0.2) is 20.2 Å². The van der Waals surface area contributed by atoms with Crippen LogP contribution in [0.5, 0.6) is 5.75 Å². The molecule has 1 aromatic rings. The molecule has 0 saturated heterocycles. The maximum atomic E-state index is 5.61. The Morgan fingerprint density at radius 3 is 2.79 bits per heavy atom. The van der Waals surface area contributed by atoms with Gasteiger partial charge < -0.3 is 10.1 Å². The van der Waals surface area contributed by atoms with E-state index in [1.807, 2.05) is 0 Å². The number of hydrogen-bond donors (Lipinski definition) is 1. The molecule has 0 radical (unpaired) electrons. The van der Waals surface area contributed by atoms with Crippen LogP contribution in [-0.2, 0) is 5.41 Å². The van der Waals surface area contributed by atoms with Crippen molar-refractivity contribution in [2.24, 2.45) is 5.92 Å². The van der Waals surface area contributed by atoms with Crippen LogP contribution in [0.25, 0.3) is 0 Å². The summed E-state index contributed by atoms with van der Waals surface area (Å²) in [4.78, 5) is 0. The summed E-state index contributed by atoms with van der Waals surface area (Å²) >= 11 is 0. The summed E-state index contributed by atoms with van der Waals surface area (Å²) in [5.41, 5.74) is 1.65. The van der Waals surface area contributed by atoms with Crippen molar-refractivity contribution in [2.45, 2.75) is 44.9 Å². The lowest BCUT2D eigenvalue weighted by Gasteiger charge is -2.36. The molecule has 2 heteroatoms. The van der Waals surface area contributed by atoms with Gasteiger partial charge in [0.15, 0.2) is 0 Å². The van der Waals surface area contributed by atoms with Gasteiger partial charge in [-0.05, 0) is 37.8 Å². The Kier molecular flexibility index (Phi) is 4.87. The van der Waals surface area contributed by atoms with Crippen molar-refractivity contribution in [3.63, 3.8) is 0 Å². The third-order valence-corrected chi connectivity index (χ3v) is 4.71. The van der Waals surface area contributed by atoms with Gasteiger partial charge in [-0.2, -0.15) is 0 Å². The molecule has 0 heterocycles. The molecule has 0 bridgehead atoms. The first-order valence-electron chi connectivity index (χ1n) is 7.59. The van der Waals surface area contributed by atoms with E-state index in [2.05, 4.69) is 43.4 Å². The number of hydrogen-bond acceptors (Lipinski definition) is 2. The SMILES string of the molecule is CCCNCC1(c2ccccc2OC)CCCC1C. The fraction of sp³-hybridized carbons (Fsp3) is 0.647. The molecule has 1 aliphatic carbocycles. The highest BCUT2D eigenvalue weighted by molar-refractivity contribution is 5.41. The molecule has 1 aliphatic rings. The fourth-order valence-corrected chi connectivity index (χ4v) is 3.55. The van der Waals surface area contributed by atoms with Crippen LogP contribution in [0.4, 0.5) is 0 Å². The zero-order valence-corrected chi connectivity index (χ0v) is 12.5. The van der Waals surface area contributed by atoms with E-state index in [4.69, 9.17) is 4.74 Å². The number of rotatable bonds is 6.